The maximum absolute atomic E-state index is 12.4. The Morgan fingerprint density at radius 3 is 2.89 bits per heavy atom. The van der Waals surface area contributed by atoms with Gasteiger partial charge in [0.1, 0.15) is 5.82 Å². The third-order valence-electron chi connectivity index (χ3n) is 4.82. The highest BCUT2D eigenvalue weighted by atomic mass is 35.5. The molecule has 2 heterocycles. The lowest BCUT2D eigenvalue weighted by Gasteiger charge is -2.31. The first-order valence-electron chi connectivity index (χ1n) is 9.61. The maximum atomic E-state index is 12.4. The Morgan fingerprint density at radius 1 is 1.37 bits per heavy atom. The quantitative estimate of drug-likeness (QED) is 0.749. The summed E-state index contributed by atoms with van der Waals surface area (Å²) < 4.78 is 4.50. The SMILES string of the molecule is CC(C)CCNC(=O)[C@H]1CCCN(c2nc(Cc3ccc(Cl)cc3)ns2)C1. The van der Waals surface area contributed by atoms with Gasteiger partial charge in [-0.05, 0) is 42.9 Å². The molecule has 1 atom stereocenters. The summed E-state index contributed by atoms with van der Waals surface area (Å²) >= 11 is 7.36. The van der Waals surface area contributed by atoms with Crippen molar-refractivity contribution in [1.29, 1.82) is 0 Å². The number of anilines is 1. The van der Waals surface area contributed by atoms with Gasteiger partial charge in [0.15, 0.2) is 0 Å². The van der Waals surface area contributed by atoms with E-state index in [0.717, 1.165) is 60.4 Å². The summed E-state index contributed by atoms with van der Waals surface area (Å²) in [7, 11) is 0. The summed E-state index contributed by atoms with van der Waals surface area (Å²) in [5.74, 6) is 1.63. The monoisotopic (exact) mass is 406 g/mol. The molecule has 27 heavy (non-hydrogen) atoms. The Balaban J connectivity index is 1.55. The van der Waals surface area contributed by atoms with Gasteiger partial charge in [-0.1, -0.05) is 37.6 Å². The largest absolute Gasteiger partial charge is 0.356 e. The minimum atomic E-state index is 0.0366. The minimum Gasteiger partial charge on any atom is -0.356 e. The average Bonchev–Trinajstić information content (AvgIpc) is 3.12. The normalized spacial score (nSPS) is 17.3. The number of rotatable bonds is 7. The van der Waals surface area contributed by atoms with E-state index < -0.39 is 0 Å². The van der Waals surface area contributed by atoms with Crippen LogP contribution in [0.2, 0.25) is 5.02 Å². The number of amides is 1. The second-order valence-electron chi connectivity index (χ2n) is 7.56. The van der Waals surface area contributed by atoms with Crippen molar-refractivity contribution in [3.63, 3.8) is 0 Å². The molecule has 0 aliphatic carbocycles. The van der Waals surface area contributed by atoms with Gasteiger partial charge < -0.3 is 10.2 Å². The Morgan fingerprint density at radius 2 is 2.15 bits per heavy atom. The molecule has 146 valence electrons. The van der Waals surface area contributed by atoms with Gasteiger partial charge in [0.2, 0.25) is 11.0 Å². The van der Waals surface area contributed by atoms with Crippen molar-refractivity contribution < 1.29 is 4.79 Å². The standard InChI is InChI=1S/C20H27ClN4OS/c1-14(2)9-10-22-19(26)16-4-3-11-25(13-16)20-23-18(24-27-20)12-15-5-7-17(21)8-6-15/h5-8,14,16H,3-4,9-13H2,1-2H3,(H,22,26)/t16-/m0/s1. The van der Waals surface area contributed by atoms with E-state index >= 15 is 0 Å². The van der Waals surface area contributed by atoms with Crippen molar-refractivity contribution in [2.45, 2.75) is 39.5 Å². The van der Waals surface area contributed by atoms with Gasteiger partial charge in [0, 0.05) is 42.6 Å². The van der Waals surface area contributed by atoms with Gasteiger partial charge in [0.25, 0.3) is 0 Å². The van der Waals surface area contributed by atoms with Crippen LogP contribution >= 0.6 is 23.1 Å². The maximum Gasteiger partial charge on any atom is 0.224 e. The molecule has 1 amide bonds. The molecule has 0 unspecified atom stereocenters. The summed E-state index contributed by atoms with van der Waals surface area (Å²) in [4.78, 5) is 19.4. The molecule has 7 heteroatoms. The van der Waals surface area contributed by atoms with Crippen LogP contribution in [0, 0.1) is 11.8 Å². The molecule has 0 saturated carbocycles. The molecule has 0 spiro atoms. The molecule has 1 saturated heterocycles. The minimum absolute atomic E-state index is 0.0366. The fourth-order valence-corrected chi connectivity index (χ4v) is 4.07. The van der Waals surface area contributed by atoms with Gasteiger partial charge in [-0.25, -0.2) is 4.98 Å². The summed E-state index contributed by atoms with van der Waals surface area (Å²) in [6.07, 6.45) is 3.67. The Kier molecular flexibility index (Phi) is 7.07. The molecule has 1 fully saturated rings. The molecule has 1 aliphatic heterocycles. The summed E-state index contributed by atoms with van der Waals surface area (Å²) in [5.41, 5.74) is 1.14. The highest BCUT2D eigenvalue weighted by Crippen LogP contribution is 2.25. The number of nitrogens with one attached hydrogen (secondary N) is 1. The number of carbonyl (C=O) groups is 1. The summed E-state index contributed by atoms with van der Waals surface area (Å²) in [6.45, 7) is 6.77. The molecule has 2 aromatic rings. The molecule has 0 bridgehead atoms. The van der Waals surface area contributed by atoms with Crippen molar-refractivity contribution in [3.8, 4) is 0 Å². The molecule has 1 aromatic carbocycles. The van der Waals surface area contributed by atoms with E-state index in [9.17, 15) is 4.79 Å². The van der Waals surface area contributed by atoms with Gasteiger partial charge in [-0.2, -0.15) is 4.37 Å². The van der Waals surface area contributed by atoms with Crippen LogP contribution in [0.1, 0.15) is 44.5 Å². The van der Waals surface area contributed by atoms with Crippen molar-refractivity contribution in [1.82, 2.24) is 14.7 Å². The summed E-state index contributed by atoms with van der Waals surface area (Å²) in [5, 5.41) is 4.74. The number of aromatic nitrogens is 2. The van der Waals surface area contributed by atoms with Crippen molar-refractivity contribution in [2.75, 3.05) is 24.5 Å². The van der Waals surface area contributed by atoms with E-state index in [1.165, 1.54) is 11.5 Å². The molecule has 1 aromatic heterocycles. The van der Waals surface area contributed by atoms with Crippen LogP contribution in [0.25, 0.3) is 0 Å². The smallest absolute Gasteiger partial charge is 0.224 e. The van der Waals surface area contributed by atoms with Gasteiger partial charge in [-0.15, -0.1) is 0 Å². The number of hydrogen-bond acceptors (Lipinski definition) is 5. The first-order valence-corrected chi connectivity index (χ1v) is 10.8. The molecule has 1 N–H and O–H groups in total. The van der Waals surface area contributed by atoms with Crippen LogP contribution in [0.4, 0.5) is 5.13 Å². The third kappa shape index (κ3) is 5.91. The fourth-order valence-electron chi connectivity index (χ4n) is 3.22. The molecular formula is C20H27ClN4OS. The molecule has 5 nitrogen and oxygen atoms in total. The second kappa shape index (κ2) is 9.51. The van der Waals surface area contributed by atoms with Crippen LogP contribution in [0.3, 0.4) is 0 Å². The lowest BCUT2D eigenvalue weighted by atomic mass is 9.97. The zero-order valence-corrected chi connectivity index (χ0v) is 17.5. The average molecular weight is 407 g/mol. The van der Waals surface area contributed by atoms with Gasteiger partial charge in [0.05, 0.1) is 5.92 Å². The summed E-state index contributed by atoms with van der Waals surface area (Å²) in [6, 6.07) is 7.78. The zero-order chi connectivity index (χ0) is 19.2. The van der Waals surface area contributed by atoms with E-state index in [2.05, 4.69) is 28.4 Å². The van der Waals surface area contributed by atoms with Crippen molar-refractivity contribution in [3.05, 3.63) is 40.7 Å². The Bertz CT molecular complexity index is 747. The van der Waals surface area contributed by atoms with Crippen molar-refractivity contribution >= 4 is 34.2 Å². The van der Waals surface area contributed by atoms with Gasteiger partial charge >= 0.3 is 0 Å². The Labute approximate surface area is 170 Å². The topological polar surface area (TPSA) is 58.1 Å². The van der Waals surface area contributed by atoms with Crippen LogP contribution in [-0.4, -0.2) is 34.9 Å². The number of piperidine rings is 1. The van der Waals surface area contributed by atoms with Crippen LogP contribution in [0.15, 0.2) is 24.3 Å². The predicted octanol–water partition coefficient (Wildman–Crippen LogP) is 4.16. The fraction of sp³-hybridized carbons (Fsp3) is 0.550. The number of benzene rings is 1. The molecular weight excluding hydrogens is 380 g/mol. The van der Waals surface area contributed by atoms with E-state index in [0.29, 0.717) is 12.3 Å². The first-order chi connectivity index (χ1) is 13.0. The lowest BCUT2D eigenvalue weighted by molar-refractivity contribution is -0.125. The highest BCUT2D eigenvalue weighted by Gasteiger charge is 2.27. The van der Waals surface area contributed by atoms with Crippen molar-refractivity contribution in [2.24, 2.45) is 11.8 Å². The van der Waals surface area contributed by atoms with Crippen LogP contribution < -0.4 is 10.2 Å². The number of nitrogens with zero attached hydrogens (tertiary/aromatic N) is 3. The van der Waals surface area contributed by atoms with E-state index in [1.807, 2.05) is 24.3 Å². The van der Waals surface area contributed by atoms with E-state index in [4.69, 9.17) is 16.6 Å². The van der Waals surface area contributed by atoms with Gasteiger partial charge in [-0.3, -0.25) is 4.79 Å². The third-order valence-corrected chi connectivity index (χ3v) is 5.88. The Hall–Kier alpha value is -1.66. The van der Waals surface area contributed by atoms with Crippen LogP contribution in [0.5, 0.6) is 0 Å². The second-order valence-corrected chi connectivity index (χ2v) is 8.72. The predicted molar refractivity (Wildman–Crippen MR) is 112 cm³/mol. The van der Waals surface area contributed by atoms with Crippen LogP contribution in [-0.2, 0) is 11.2 Å². The number of hydrogen-bond donors (Lipinski definition) is 1. The number of halogens is 1. The van der Waals surface area contributed by atoms with E-state index in [1.54, 1.807) is 0 Å². The first kappa shape index (κ1) is 20.1. The highest BCUT2D eigenvalue weighted by molar-refractivity contribution is 7.09. The lowest BCUT2D eigenvalue weighted by Crippen LogP contribution is -2.43. The van der Waals surface area contributed by atoms with E-state index in [-0.39, 0.29) is 11.8 Å². The zero-order valence-electron chi connectivity index (χ0n) is 15.9. The molecule has 3 rings (SSSR count). The molecule has 0 radical (unpaired) electrons. The number of carbonyl (C=O) groups excluding carboxylic acids is 1. The molecule has 1 aliphatic rings.